The van der Waals surface area contributed by atoms with Crippen molar-refractivity contribution < 1.29 is 22.9 Å². The monoisotopic (exact) mass is 497 g/mol. The maximum absolute atomic E-state index is 14.0. The van der Waals surface area contributed by atoms with E-state index in [1.54, 1.807) is 18.7 Å². The number of piperazine rings is 1. The molecule has 2 amide bonds. The second kappa shape index (κ2) is 10.9. The molecule has 190 valence electrons. The van der Waals surface area contributed by atoms with Crippen LogP contribution in [0.4, 0.5) is 8.78 Å². The van der Waals surface area contributed by atoms with Crippen LogP contribution in [0.1, 0.15) is 43.1 Å². The summed E-state index contributed by atoms with van der Waals surface area (Å²) in [6, 6.07) is 11.7. The summed E-state index contributed by atoms with van der Waals surface area (Å²) < 4.78 is 33.6. The SMILES string of the molecule is CC(C)[C@H](NC(=O)c1c(F)cccc1F)C(=O)N1CCN(C(C)c2nc(-c3ccccc3)no2)CC1. The number of carbonyl (C=O) groups is 2. The van der Waals surface area contributed by atoms with Crippen LogP contribution in [0.5, 0.6) is 0 Å². The zero-order chi connectivity index (χ0) is 25.8. The van der Waals surface area contributed by atoms with E-state index in [9.17, 15) is 18.4 Å². The van der Waals surface area contributed by atoms with Crippen molar-refractivity contribution in [2.75, 3.05) is 26.2 Å². The number of halogens is 2. The Kier molecular flexibility index (Phi) is 7.73. The van der Waals surface area contributed by atoms with Gasteiger partial charge in [0.05, 0.1) is 6.04 Å². The Bertz CT molecular complexity index is 1190. The van der Waals surface area contributed by atoms with Crippen molar-refractivity contribution in [1.29, 1.82) is 0 Å². The van der Waals surface area contributed by atoms with Gasteiger partial charge in [-0.05, 0) is 25.0 Å². The zero-order valence-electron chi connectivity index (χ0n) is 20.4. The van der Waals surface area contributed by atoms with Crippen molar-refractivity contribution in [3.05, 3.63) is 71.6 Å². The molecule has 1 aliphatic rings. The standard InChI is InChI=1S/C26H29F2N5O3/c1-16(2)22(29-24(34)21-19(27)10-7-11-20(21)28)26(35)33-14-12-32(13-15-33)17(3)25-30-23(31-36-25)18-8-5-4-6-9-18/h4-11,16-17,22H,12-15H2,1-3H3,(H,29,34)/t17?,22-/m0/s1. The first-order valence-corrected chi connectivity index (χ1v) is 11.9. The summed E-state index contributed by atoms with van der Waals surface area (Å²) in [4.78, 5) is 34.2. The van der Waals surface area contributed by atoms with E-state index >= 15 is 0 Å². The Morgan fingerprint density at radius 2 is 1.58 bits per heavy atom. The van der Waals surface area contributed by atoms with E-state index in [1.165, 1.54) is 6.07 Å². The molecule has 1 fully saturated rings. The van der Waals surface area contributed by atoms with Crippen molar-refractivity contribution in [3.8, 4) is 11.4 Å². The Morgan fingerprint density at radius 1 is 0.944 bits per heavy atom. The molecule has 36 heavy (non-hydrogen) atoms. The molecule has 0 saturated carbocycles. The third-order valence-electron chi connectivity index (χ3n) is 6.41. The molecule has 1 N–H and O–H groups in total. The van der Waals surface area contributed by atoms with Gasteiger partial charge >= 0.3 is 0 Å². The second-order valence-electron chi connectivity index (χ2n) is 9.15. The molecule has 1 saturated heterocycles. The number of hydrogen-bond donors (Lipinski definition) is 1. The predicted molar refractivity (Wildman–Crippen MR) is 129 cm³/mol. The molecule has 2 heterocycles. The topological polar surface area (TPSA) is 91.6 Å². The lowest BCUT2D eigenvalue weighted by molar-refractivity contribution is -0.136. The lowest BCUT2D eigenvalue weighted by Gasteiger charge is -2.38. The summed E-state index contributed by atoms with van der Waals surface area (Å²) in [6.07, 6.45) is 0. The van der Waals surface area contributed by atoms with Gasteiger partial charge in [0, 0.05) is 31.7 Å². The number of nitrogens with zero attached hydrogens (tertiary/aromatic N) is 4. The van der Waals surface area contributed by atoms with E-state index < -0.39 is 29.1 Å². The van der Waals surface area contributed by atoms with Crippen LogP contribution < -0.4 is 5.32 Å². The van der Waals surface area contributed by atoms with Crippen LogP contribution >= 0.6 is 0 Å². The minimum Gasteiger partial charge on any atom is -0.340 e. The number of benzene rings is 2. The van der Waals surface area contributed by atoms with Gasteiger partial charge in [-0.25, -0.2) is 8.78 Å². The summed E-state index contributed by atoms with van der Waals surface area (Å²) >= 11 is 0. The first-order valence-electron chi connectivity index (χ1n) is 11.9. The van der Waals surface area contributed by atoms with Crippen molar-refractivity contribution in [1.82, 2.24) is 25.3 Å². The highest BCUT2D eigenvalue weighted by atomic mass is 19.1. The van der Waals surface area contributed by atoms with Crippen molar-refractivity contribution in [2.45, 2.75) is 32.9 Å². The molecule has 1 aliphatic heterocycles. The highest BCUT2D eigenvalue weighted by molar-refractivity contribution is 5.98. The highest BCUT2D eigenvalue weighted by Crippen LogP contribution is 2.24. The summed E-state index contributed by atoms with van der Waals surface area (Å²) in [7, 11) is 0. The molecule has 0 bridgehead atoms. The van der Waals surface area contributed by atoms with Gasteiger partial charge in [0.2, 0.25) is 17.6 Å². The van der Waals surface area contributed by atoms with Gasteiger partial charge < -0.3 is 14.7 Å². The average Bonchev–Trinajstić information content (AvgIpc) is 3.37. The lowest BCUT2D eigenvalue weighted by atomic mass is 10.0. The average molecular weight is 498 g/mol. The molecule has 4 rings (SSSR count). The summed E-state index contributed by atoms with van der Waals surface area (Å²) in [5.74, 6) is -2.44. The third-order valence-corrected chi connectivity index (χ3v) is 6.41. The van der Waals surface area contributed by atoms with Crippen LogP contribution in [0.15, 0.2) is 53.1 Å². The van der Waals surface area contributed by atoms with Crippen LogP contribution in [-0.2, 0) is 4.79 Å². The number of aromatic nitrogens is 2. The van der Waals surface area contributed by atoms with Gasteiger partial charge in [-0.1, -0.05) is 55.4 Å². The normalized spacial score (nSPS) is 16.1. The molecular weight excluding hydrogens is 468 g/mol. The minimum atomic E-state index is -0.971. The zero-order valence-corrected chi connectivity index (χ0v) is 20.4. The Labute approximate surface area is 208 Å². The van der Waals surface area contributed by atoms with Crippen LogP contribution in [0, 0.1) is 17.6 Å². The third kappa shape index (κ3) is 5.43. The van der Waals surface area contributed by atoms with Crippen LogP contribution in [-0.4, -0.2) is 64.0 Å². The second-order valence-corrected chi connectivity index (χ2v) is 9.15. The Balaban J connectivity index is 1.37. The number of carbonyl (C=O) groups excluding carboxylic acids is 2. The highest BCUT2D eigenvalue weighted by Gasteiger charge is 2.33. The first-order chi connectivity index (χ1) is 17.3. The number of amides is 2. The number of nitrogens with one attached hydrogen (secondary N) is 1. The smallest absolute Gasteiger partial charge is 0.257 e. The molecule has 10 heteroatoms. The Morgan fingerprint density at radius 3 is 2.19 bits per heavy atom. The minimum absolute atomic E-state index is 0.142. The quantitative estimate of drug-likeness (QED) is 0.536. The summed E-state index contributed by atoms with van der Waals surface area (Å²) in [5.41, 5.74) is 0.177. The van der Waals surface area contributed by atoms with Gasteiger partial charge in [-0.2, -0.15) is 4.98 Å². The largest absolute Gasteiger partial charge is 0.340 e. The van der Waals surface area contributed by atoms with Gasteiger partial charge in [0.1, 0.15) is 23.2 Å². The molecule has 1 aromatic heterocycles. The lowest BCUT2D eigenvalue weighted by Crippen LogP contribution is -2.56. The summed E-state index contributed by atoms with van der Waals surface area (Å²) in [6.45, 7) is 7.51. The van der Waals surface area contributed by atoms with Gasteiger partial charge in [-0.3, -0.25) is 14.5 Å². The molecule has 1 unspecified atom stereocenters. The molecule has 0 radical (unpaired) electrons. The number of rotatable bonds is 7. The molecule has 0 aliphatic carbocycles. The maximum atomic E-state index is 14.0. The molecule has 2 aromatic carbocycles. The predicted octanol–water partition coefficient (Wildman–Crippen LogP) is 3.67. The van der Waals surface area contributed by atoms with Crippen molar-refractivity contribution in [2.24, 2.45) is 5.92 Å². The van der Waals surface area contributed by atoms with E-state index in [-0.39, 0.29) is 17.9 Å². The van der Waals surface area contributed by atoms with Gasteiger partial charge in [-0.15, -0.1) is 0 Å². The van der Waals surface area contributed by atoms with E-state index in [0.717, 1.165) is 17.7 Å². The fourth-order valence-electron chi connectivity index (χ4n) is 4.23. The Hall–Kier alpha value is -3.66. The van der Waals surface area contributed by atoms with E-state index in [0.29, 0.717) is 37.9 Å². The molecule has 8 nitrogen and oxygen atoms in total. The summed E-state index contributed by atoms with van der Waals surface area (Å²) in [5, 5.41) is 6.61. The molecule has 0 spiro atoms. The van der Waals surface area contributed by atoms with Gasteiger partial charge in [0.15, 0.2) is 0 Å². The molecule has 2 atom stereocenters. The van der Waals surface area contributed by atoms with Crippen molar-refractivity contribution >= 4 is 11.8 Å². The first kappa shape index (κ1) is 25.4. The van der Waals surface area contributed by atoms with Gasteiger partial charge in [0.25, 0.3) is 5.91 Å². The van der Waals surface area contributed by atoms with E-state index in [2.05, 4.69) is 20.4 Å². The maximum Gasteiger partial charge on any atom is 0.257 e. The van der Waals surface area contributed by atoms with Crippen LogP contribution in [0.2, 0.25) is 0 Å². The fraction of sp³-hybridized carbons (Fsp3) is 0.385. The van der Waals surface area contributed by atoms with Crippen LogP contribution in [0.25, 0.3) is 11.4 Å². The van der Waals surface area contributed by atoms with E-state index in [4.69, 9.17) is 4.52 Å². The fourth-order valence-corrected chi connectivity index (χ4v) is 4.23. The molecular formula is C26H29F2N5O3. The van der Waals surface area contributed by atoms with Crippen LogP contribution in [0.3, 0.4) is 0 Å². The molecule has 3 aromatic rings. The van der Waals surface area contributed by atoms with Crippen molar-refractivity contribution in [3.63, 3.8) is 0 Å². The number of hydrogen-bond acceptors (Lipinski definition) is 6. The van der Waals surface area contributed by atoms with E-state index in [1.807, 2.05) is 37.3 Å².